The smallest absolute Gasteiger partial charge is 0.339 e. The highest BCUT2D eigenvalue weighted by Crippen LogP contribution is 2.26. The molecule has 29 heavy (non-hydrogen) atoms. The summed E-state index contributed by atoms with van der Waals surface area (Å²) in [5.74, 6) is 0.212. The van der Waals surface area contributed by atoms with Gasteiger partial charge in [0.05, 0.1) is 16.9 Å². The quantitative estimate of drug-likeness (QED) is 0.540. The molecule has 0 saturated heterocycles. The topological polar surface area (TPSA) is 78.3 Å². The molecule has 152 valence electrons. The number of aromatic nitrogens is 2. The number of hydrogen-bond acceptors (Lipinski definition) is 5. The van der Waals surface area contributed by atoms with E-state index in [1.54, 1.807) is 12.1 Å². The molecular formula is C20H18Cl2N2O4S. The summed E-state index contributed by atoms with van der Waals surface area (Å²) in [7, 11) is -4.04. The summed E-state index contributed by atoms with van der Waals surface area (Å²) in [5.41, 5.74) is 0.738. The van der Waals surface area contributed by atoms with E-state index in [0.29, 0.717) is 5.69 Å². The molecule has 0 N–H and O–H groups in total. The first-order chi connectivity index (χ1) is 13.5. The van der Waals surface area contributed by atoms with Crippen LogP contribution in [0.25, 0.3) is 5.69 Å². The van der Waals surface area contributed by atoms with Gasteiger partial charge in [-0.05, 0) is 47.4 Å². The molecule has 0 saturated carbocycles. The Morgan fingerprint density at radius 1 is 0.966 bits per heavy atom. The third-order valence-electron chi connectivity index (χ3n) is 4.17. The summed E-state index contributed by atoms with van der Waals surface area (Å²) in [4.78, 5) is 12.1. The van der Waals surface area contributed by atoms with E-state index in [2.05, 4.69) is 25.9 Å². The molecule has 0 aliphatic heterocycles. The normalized spacial score (nSPS) is 12.0. The zero-order chi connectivity index (χ0) is 21.4. The first-order valence-electron chi connectivity index (χ1n) is 8.58. The maximum Gasteiger partial charge on any atom is 0.339 e. The van der Waals surface area contributed by atoms with Gasteiger partial charge in [0.25, 0.3) is 5.56 Å². The van der Waals surface area contributed by atoms with Gasteiger partial charge < -0.3 is 4.18 Å². The Morgan fingerprint density at radius 2 is 1.55 bits per heavy atom. The lowest BCUT2D eigenvalue weighted by atomic mass is 9.87. The second-order valence-corrected chi connectivity index (χ2v) is 9.66. The van der Waals surface area contributed by atoms with Crippen LogP contribution in [-0.2, 0) is 15.5 Å². The first-order valence-corrected chi connectivity index (χ1v) is 10.7. The molecule has 0 bridgehead atoms. The molecule has 0 spiro atoms. The molecule has 2 aromatic carbocycles. The molecule has 6 nitrogen and oxygen atoms in total. The number of hydrogen-bond donors (Lipinski definition) is 0. The van der Waals surface area contributed by atoms with E-state index in [-0.39, 0.29) is 26.1 Å². The fourth-order valence-electron chi connectivity index (χ4n) is 2.54. The molecular weight excluding hydrogens is 435 g/mol. The van der Waals surface area contributed by atoms with Gasteiger partial charge in [-0.15, -0.1) is 0 Å². The SMILES string of the molecule is CC(C)(C)c1ccc(OS(=O)(=O)c2ccc(-n3ncc(Cl)c(Cl)c3=O)cc2)cc1. The van der Waals surface area contributed by atoms with Gasteiger partial charge in [-0.1, -0.05) is 56.1 Å². The summed E-state index contributed by atoms with van der Waals surface area (Å²) in [5, 5.41) is 3.78. The summed E-state index contributed by atoms with van der Waals surface area (Å²) in [6, 6.07) is 12.4. The molecule has 0 amide bonds. The second-order valence-electron chi connectivity index (χ2n) is 7.33. The van der Waals surface area contributed by atoms with Crippen LogP contribution in [-0.4, -0.2) is 18.2 Å². The lowest BCUT2D eigenvalue weighted by Gasteiger charge is -2.19. The van der Waals surface area contributed by atoms with Crippen molar-refractivity contribution in [2.45, 2.75) is 31.1 Å². The summed E-state index contributed by atoms with van der Waals surface area (Å²) in [6.07, 6.45) is 1.24. The van der Waals surface area contributed by atoms with Crippen molar-refractivity contribution in [3.63, 3.8) is 0 Å². The molecule has 0 radical (unpaired) electrons. The lowest BCUT2D eigenvalue weighted by Crippen LogP contribution is -2.21. The highest BCUT2D eigenvalue weighted by molar-refractivity contribution is 7.87. The van der Waals surface area contributed by atoms with Crippen molar-refractivity contribution in [1.82, 2.24) is 9.78 Å². The molecule has 0 aliphatic rings. The molecule has 0 aliphatic carbocycles. The van der Waals surface area contributed by atoms with Crippen LogP contribution in [0.3, 0.4) is 0 Å². The van der Waals surface area contributed by atoms with Gasteiger partial charge in [0, 0.05) is 0 Å². The third-order valence-corrected chi connectivity index (χ3v) is 6.18. The van der Waals surface area contributed by atoms with E-state index in [4.69, 9.17) is 27.4 Å². The van der Waals surface area contributed by atoms with Crippen molar-refractivity contribution in [3.8, 4) is 11.4 Å². The van der Waals surface area contributed by atoms with Crippen molar-refractivity contribution < 1.29 is 12.6 Å². The standard InChI is InChI=1S/C20H18Cl2N2O4S/c1-20(2,3)13-4-8-15(9-5-13)28-29(26,27)16-10-6-14(7-11-16)24-19(25)18(22)17(21)12-23-24/h4-12H,1-3H3. The van der Waals surface area contributed by atoms with Crippen LogP contribution >= 0.6 is 23.2 Å². The highest BCUT2D eigenvalue weighted by atomic mass is 35.5. The van der Waals surface area contributed by atoms with Crippen LogP contribution in [0.15, 0.2) is 64.4 Å². The van der Waals surface area contributed by atoms with Crippen LogP contribution in [0.1, 0.15) is 26.3 Å². The summed E-state index contributed by atoms with van der Waals surface area (Å²) < 4.78 is 31.3. The predicted octanol–water partition coefficient (Wildman–Crippen LogP) is 4.60. The predicted molar refractivity (Wildman–Crippen MR) is 113 cm³/mol. The number of benzene rings is 2. The average molecular weight is 453 g/mol. The zero-order valence-corrected chi connectivity index (χ0v) is 18.2. The van der Waals surface area contributed by atoms with Crippen molar-refractivity contribution in [1.29, 1.82) is 0 Å². The van der Waals surface area contributed by atoms with Gasteiger partial charge in [0.2, 0.25) is 0 Å². The van der Waals surface area contributed by atoms with E-state index >= 15 is 0 Å². The van der Waals surface area contributed by atoms with Crippen molar-refractivity contribution in [3.05, 3.63) is 80.7 Å². The van der Waals surface area contributed by atoms with E-state index in [0.717, 1.165) is 10.2 Å². The first kappa shape index (κ1) is 21.4. The Labute approximate surface area is 178 Å². The second kappa shape index (κ2) is 7.82. The maximum absolute atomic E-state index is 12.6. The van der Waals surface area contributed by atoms with E-state index < -0.39 is 15.7 Å². The fourth-order valence-corrected chi connectivity index (χ4v) is 3.72. The molecule has 0 unspecified atom stereocenters. The zero-order valence-electron chi connectivity index (χ0n) is 15.9. The fraction of sp³-hybridized carbons (Fsp3) is 0.200. The number of halogens is 2. The minimum Gasteiger partial charge on any atom is -0.379 e. The monoisotopic (exact) mass is 452 g/mol. The van der Waals surface area contributed by atoms with E-state index in [9.17, 15) is 13.2 Å². The van der Waals surface area contributed by atoms with Crippen LogP contribution in [0.2, 0.25) is 10.0 Å². The summed E-state index contributed by atoms with van der Waals surface area (Å²) in [6.45, 7) is 6.19. The lowest BCUT2D eigenvalue weighted by molar-refractivity contribution is 0.485. The van der Waals surface area contributed by atoms with Crippen LogP contribution in [0.4, 0.5) is 0 Å². The number of rotatable bonds is 4. The molecule has 0 fully saturated rings. The van der Waals surface area contributed by atoms with Gasteiger partial charge >= 0.3 is 10.1 Å². The highest BCUT2D eigenvalue weighted by Gasteiger charge is 2.19. The Hall–Kier alpha value is -2.35. The third kappa shape index (κ3) is 4.63. The molecule has 1 heterocycles. The van der Waals surface area contributed by atoms with Crippen molar-refractivity contribution in [2.24, 2.45) is 0 Å². The van der Waals surface area contributed by atoms with E-state index in [1.165, 1.54) is 30.5 Å². The molecule has 1 aromatic heterocycles. The Kier molecular flexibility index (Phi) is 5.76. The van der Waals surface area contributed by atoms with Gasteiger partial charge in [-0.25, -0.2) is 0 Å². The van der Waals surface area contributed by atoms with Crippen molar-refractivity contribution in [2.75, 3.05) is 0 Å². The summed E-state index contributed by atoms with van der Waals surface area (Å²) >= 11 is 11.6. The minimum atomic E-state index is -4.04. The molecule has 0 atom stereocenters. The van der Waals surface area contributed by atoms with Gasteiger partial charge in [0.1, 0.15) is 15.7 Å². The number of nitrogens with zero attached hydrogens (tertiary/aromatic N) is 2. The Bertz CT molecular complexity index is 1200. The van der Waals surface area contributed by atoms with Crippen LogP contribution in [0, 0.1) is 0 Å². The Balaban J connectivity index is 1.85. The molecule has 3 aromatic rings. The van der Waals surface area contributed by atoms with Gasteiger partial charge in [0.15, 0.2) is 0 Å². The maximum atomic E-state index is 12.6. The molecule has 3 rings (SSSR count). The van der Waals surface area contributed by atoms with Gasteiger partial charge in [-0.3, -0.25) is 4.79 Å². The Morgan fingerprint density at radius 3 is 2.10 bits per heavy atom. The van der Waals surface area contributed by atoms with Crippen LogP contribution < -0.4 is 9.74 Å². The minimum absolute atomic E-state index is 0.0398. The van der Waals surface area contributed by atoms with Crippen molar-refractivity contribution >= 4 is 33.3 Å². The van der Waals surface area contributed by atoms with E-state index in [1.807, 2.05) is 12.1 Å². The molecule has 9 heteroatoms. The average Bonchev–Trinajstić information content (AvgIpc) is 2.66. The van der Waals surface area contributed by atoms with Crippen LogP contribution in [0.5, 0.6) is 5.75 Å². The largest absolute Gasteiger partial charge is 0.379 e. The van der Waals surface area contributed by atoms with Gasteiger partial charge in [-0.2, -0.15) is 18.2 Å².